The van der Waals surface area contributed by atoms with E-state index in [1.165, 1.54) is 0 Å². The third kappa shape index (κ3) is 1.73. The largest absolute Gasteiger partial charge is 0.481 e. The van der Waals surface area contributed by atoms with Gasteiger partial charge in [0.1, 0.15) is 0 Å². The van der Waals surface area contributed by atoms with Crippen molar-refractivity contribution < 1.29 is 4.74 Å². The van der Waals surface area contributed by atoms with E-state index in [1.807, 2.05) is 13.0 Å². The third-order valence-electron chi connectivity index (χ3n) is 1.30. The highest BCUT2D eigenvalue weighted by Gasteiger charge is 2.05. The second-order valence-corrected chi connectivity index (χ2v) is 2.05. The van der Waals surface area contributed by atoms with Gasteiger partial charge in [0.15, 0.2) is 0 Å². The lowest BCUT2D eigenvalue weighted by Crippen LogP contribution is -2.32. The van der Waals surface area contributed by atoms with E-state index in [0.29, 0.717) is 11.8 Å². The summed E-state index contributed by atoms with van der Waals surface area (Å²) in [5.41, 5.74) is 6.34. The highest BCUT2D eigenvalue weighted by molar-refractivity contribution is 5.82. The molecule has 0 amide bonds. The number of aliphatic imine (C=N–C) groups is 1. The molecule has 0 bridgehead atoms. The summed E-state index contributed by atoms with van der Waals surface area (Å²) >= 11 is 0. The van der Waals surface area contributed by atoms with Crippen molar-refractivity contribution in [1.82, 2.24) is 5.32 Å². The summed E-state index contributed by atoms with van der Waals surface area (Å²) in [7, 11) is 1.56. The normalized spacial score (nSPS) is 20.4. The van der Waals surface area contributed by atoms with Crippen LogP contribution in [0, 0.1) is 0 Å². The van der Waals surface area contributed by atoms with Crippen molar-refractivity contribution in [3.63, 3.8) is 0 Å². The number of nitrogens with zero attached hydrogens (tertiary/aromatic N) is 1. The van der Waals surface area contributed by atoms with Crippen LogP contribution in [-0.4, -0.2) is 13.1 Å². The summed E-state index contributed by atoms with van der Waals surface area (Å²) in [6.45, 7) is 1.91. The fraction of sp³-hybridized carbons (Fsp3) is 0.286. The molecule has 0 aromatic heterocycles. The molecule has 0 aromatic rings. The number of ether oxygens (including phenoxy) is 1. The van der Waals surface area contributed by atoms with Crippen LogP contribution in [0.4, 0.5) is 0 Å². The number of nitrogens with two attached hydrogens (primary N) is 1. The van der Waals surface area contributed by atoms with Crippen LogP contribution in [0.1, 0.15) is 6.92 Å². The molecular weight excluding hydrogens is 142 g/mol. The van der Waals surface area contributed by atoms with Gasteiger partial charge < -0.3 is 15.8 Å². The molecule has 0 fully saturated rings. The fourth-order valence-electron chi connectivity index (χ4n) is 0.756. The van der Waals surface area contributed by atoms with Crippen molar-refractivity contribution >= 4 is 5.96 Å². The van der Waals surface area contributed by atoms with Crippen LogP contribution in [0.3, 0.4) is 0 Å². The molecule has 60 valence electrons. The summed E-state index contributed by atoms with van der Waals surface area (Å²) in [4.78, 5) is 3.88. The zero-order valence-corrected chi connectivity index (χ0v) is 6.59. The second-order valence-electron chi connectivity index (χ2n) is 2.05. The Morgan fingerprint density at radius 1 is 1.73 bits per heavy atom. The Hall–Kier alpha value is -1.45. The highest BCUT2D eigenvalue weighted by Crippen LogP contribution is 2.06. The molecular formula is C7H11N3O. The van der Waals surface area contributed by atoms with Crippen LogP contribution in [0.15, 0.2) is 28.7 Å². The molecule has 0 spiro atoms. The van der Waals surface area contributed by atoms with Gasteiger partial charge in [-0.3, -0.25) is 0 Å². The van der Waals surface area contributed by atoms with Crippen LogP contribution in [0.25, 0.3) is 0 Å². The molecule has 0 saturated carbocycles. The Balaban J connectivity index is 2.86. The standard InChI is InChI=1S/C7H11N3O/c1-3-5-4-6(11-2)10-7(8)9-5/h3-4H,1-2H3,(H3,8,9,10). The molecule has 1 aliphatic heterocycles. The molecule has 11 heavy (non-hydrogen) atoms. The van der Waals surface area contributed by atoms with Crippen molar-refractivity contribution in [2.24, 2.45) is 10.7 Å². The molecule has 0 atom stereocenters. The van der Waals surface area contributed by atoms with Crippen molar-refractivity contribution in [2.75, 3.05) is 7.11 Å². The van der Waals surface area contributed by atoms with E-state index >= 15 is 0 Å². The van der Waals surface area contributed by atoms with Crippen LogP contribution < -0.4 is 11.1 Å². The number of hydrogen-bond donors (Lipinski definition) is 2. The molecule has 4 heteroatoms. The number of guanidine groups is 1. The number of nitrogens with one attached hydrogen (secondary N) is 1. The highest BCUT2D eigenvalue weighted by atomic mass is 16.5. The zero-order valence-electron chi connectivity index (χ0n) is 6.59. The molecule has 0 unspecified atom stereocenters. The first-order valence-corrected chi connectivity index (χ1v) is 3.29. The molecule has 0 saturated heterocycles. The molecule has 1 heterocycles. The van der Waals surface area contributed by atoms with Gasteiger partial charge in [0.05, 0.1) is 7.11 Å². The minimum atomic E-state index is 0.359. The van der Waals surface area contributed by atoms with Gasteiger partial charge in [0.2, 0.25) is 11.8 Å². The van der Waals surface area contributed by atoms with Crippen LogP contribution in [-0.2, 0) is 4.74 Å². The Morgan fingerprint density at radius 2 is 2.45 bits per heavy atom. The molecule has 0 aromatic carbocycles. The summed E-state index contributed by atoms with van der Waals surface area (Å²) in [5.74, 6) is 0.881. The maximum atomic E-state index is 5.44. The van der Waals surface area contributed by atoms with Gasteiger partial charge in [-0.25, -0.2) is 0 Å². The molecule has 1 rings (SSSR count). The number of rotatable bonds is 1. The quantitative estimate of drug-likeness (QED) is 0.569. The second kappa shape index (κ2) is 3.09. The van der Waals surface area contributed by atoms with E-state index in [1.54, 1.807) is 13.2 Å². The fourth-order valence-corrected chi connectivity index (χ4v) is 0.756. The minimum Gasteiger partial charge on any atom is -0.481 e. The van der Waals surface area contributed by atoms with Crippen LogP contribution in [0.2, 0.25) is 0 Å². The number of methoxy groups -OCH3 is 1. The first-order valence-electron chi connectivity index (χ1n) is 3.29. The Morgan fingerprint density at radius 3 is 3.00 bits per heavy atom. The van der Waals surface area contributed by atoms with Crippen molar-refractivity contribution in [3.8, 4) is 0 Å². The van der Waals surface area contributed by atoms with E-state index < -0.39 is 0 Å². The maximum absolute atomic E-state index is 5.44. The predicted octanol–water partition coefficient (Wildman–Crippen LogP) is 0.296. The molecule has 3 N–H and O–H groups in total. The van der Waals surface area contributed by atoms with E-state index in [0.717, 1.165) is 5.70 Å². The topological polar surface area (TPSA) is 59.6 Å². The predicted molar refractivity (Wildman–Crippen MR) is 43.6 cm³/mol. The summed E-state index contributed by atoms with van der Waals surface area (Å²) < 4.78 is 4.91. The summed E-state index contributed by atoms with van der Waals surface area (Å²) in [5, 5.41) is 2.86. The summed E-state index contributed by atoms with van der Waals surface area (Å²) in [6, 6.07) is 0. The van der Waals surface area contributed by atoms with Gasteiger partial charge in [0, 0.05) is 11.8 Å². The van der Waals surface area contributed by atoms with Crippen molar-refractivity contribution in [1.29, 1.82) is 0 Å². The molecule has 0 radical (unpaired) electrons. The number of hydrogen-bond acceptors (Lipinski definition) is 4. The lowest BCUT2D eigenvalue weighted by molar-refractivity contribution is 0.286. The first-order chi connectivity index (χ1) is 5.26. The van der Waals surface area contributed by atoms with Gasteiger partial charge in [-0.1, -0.05) is 6.08 Å². The lowest BCUT2D eigenvalue weighted by Gasteiger charge is -2.12. The SMILES string of the molecule is CC=C1C=C(OC)N=C(N)N1. The zero-order chi connectivity index (χ0) is 8.27. The smallest absolute Gasteiger partial charge is 0.218 e. The third-order valence-corrected chi connectivity index (χ3v) is 1.30. The van der Waals surface area contributed by atoms with E-state index in [9.17, 15) is 0 Å². The molecule has 4 nitrogen and oxygen atoms in total. The van der Waals surface area contributed by atoms with E-state index in [2.05, 4.69) is 10.3 Å². The van der Waals surface area contributed by atoms with E-state index in [4.69, 9.17) is 10.5 Å². The minimum absolute atomic E-state index is 0.359. The number of allylic oxidation sites excluding steroid dienone is 2. The summed E-state index contributed by atoms with van der Waals surface area (Å²) in [6.07, 6.45) is 3.66. The van der Waals surface area contributed by atoms with E-state index in [-0.39, 0.29) is 0 Å². The van der Waals surface area contributed by atoms with Crippen LogP contribution >= 0.6 is 0 Å². The Labute approximate surface area is 65.4 Å². The van der Waals surface area contributed by atoms with Gasteiger partial charge in [-0.05, 0) is 6.92 Å². The molecule has 1 aliphatic rings. The van der Waals surface area contributed by atoms with Crippen molar-refractivity contribution in [2.45, 2.75) is 6.92 Å². The Kier molecular flexibility index (Phi) is 2.15. The lowest BCUT2D eigenvalue weighted by atomic mass is 10.3. The Bertz CT molecular complexity index is 240. The average Bonchev–Trinajstić information content (AvgIpc) is 2.03. The monoisotopic (exact) mass is 153 g/mol. The first kappa shape index (κ1) is 7.65. The van der Waals surface area contributed by atoms with Gasteiger partial charge in [0.25, 0.3) is 0 Å². The molecule has 0 aliphatic carbocycles. The average molecular weight is 153 g/mol. The van der Waals surface area contributed by atoms with Gasteiger partial charge in [-0.2, -0.15) is 4.99 Å². The van der Waals surface area contributed by atoms with Gasteiger partial charge >= 0.3 is 0 Å². The maximum Gasteiger partial charge on any atom is 0.218 e. The van der Waals surface area contributed by atoms with Crippen molar-refractivity contribution in [3.05, 3.63) is 23.7 Å². The van der Waals surface area contributed by atoms with Crippen LogP contribution in [0.5, 0.6) is 0 Å². The van der Waals surface area contributed by atoms with Gasteiger partial charge in [-0.15, -0.1) is 0 Å².